The van der Waals surface area contributed by atoms with Crippen LogP contribution in [0.3, 0.4) is 0 Å². The zero-order valence-corrected chi connectivity index (χ0v) is 15.6. The van der Waals surface area contributed by atoms with E-state index in [1.807, 2.05) is 19.9 Å². The van der Waals surface area contributed by atoms with Crippen molar-refractivity contribution < 1.29 is 18.3 Å². The fourth-order valence-electron chi connectivity index (χ4n) is 3.15. The second-order valence-electron chi connectivity index (χ2n) is 6.62. The van der Waals surface area contributed by atoms with Gasteiger partial charge >= 0.3 is 0 Å². The number of sulfonamides is 1. The Morgan fingerprint density at radius 1 is 1.04 bits per heavy atom. The molecule has 1 aliphatic heterocycles. The summed E-state index contributed by atoms with van der Waals surface area (Å²) >= 11 is 0. The third-order valence-corrected chi connectivity index (χ3v) is 6.30. The van der Waals surface area contributed by atoms with Crippen LogP contribution in [0.15, 0.2) is 41.3 Å². The Morgan fingerprint density at radius 2 is 1.65 bits per heavy atom. The number of nitrogens with zero attached hydrogens (tertiary/aromatic N) is 1. The van der Waals surface area contributed by atoms with E-state index in [-0.39, 0.29) is 16.3 Å². The minimum absolute atomic E-state index is 0.0629. The van der Waals surface area contributed by atoms with Gasteiger partial charge in [-0.2, -0.15) is 4.31 Å². The zero-order chi connectivity index (χ0) is 18.9. The van der Waals surface area contributed by atoms with Gasteiger partial charge in [0.2, 0.25) is 10.0 Å². The molecule has 0 unspecified atom stereocenters. The molecular weight excluding hydrogens is 352 g/mol. The fourth-order valence-corrected chi connectivity index (χ4v) is 4.70. The van der Waals surface area contributed by atoms with E-state index >= 15 is 0 Å². The van der Waals surface area contributed by atoms with Gasteiger partial charge in [0.15, 0.2) is 0 Å². The van der Waals surface area contributed by atoms with Crippen LogP contribution in [-0.4, -0.2) is 36.8 Å². The van der Waals surface area contributed by atoms with Crippen LogP contribution >= 0.6 is 0 Å². The Morgan fingerprint density at radius 3 is 2.27 bits per heavy atom. The molecule has 1 heterocycles. The Labute approximate surface area is 153 Å². The first kappa shape index (κ1) is 18.4. The predicted octanol–water partition coefficient (Wildman–Crippen LogP) is 3.05. The highest BCUT2D eigenvalue weighted by atomic mass is 32.2. The highest BCUT2D eigenvalue weighted by molar-refractivity contribution is 7.89. The van der Waals surface area contributed by atoms with Crippen molar-refractivity contribution in [1.82, 2.24) is 4.31 Å². The number of anilines is 1. The summed E-state index contributed by atoms with van der Waals surface area (Å²) in [5.41, 5.74) is 2.43. The number of carbonyl (C=O) groups is 1. The van der Waals surface area contributed by atoms with Crippen LogP contribution < -0.4 is 5.32 Å². The Kier molecular flexibility index (Phi) is 5.02. The van der Waals surface area contributed by atoms with E-state index in [1.54, 1.807) is 12.1 Å². The number of amides is 1. The SMILES string of the molecule is Cc1cc(C)cc(C(=O)Nc2cc(S(=O)(=O)N3CCCC3)ccc2O)c1. The number of phenols is 1. The van der Waals surface area contributed by atoms with Crippen LogP contribution in [0.25, 0.3) is 0 Å². The molecule has 2 aromatic carbocycles. The molecule has 7 heteroatoms. The lowest BCUT2D eigenvalue weighted by molar-refractivity contribution is 0.102. The van der Waals surface area contributed by atoms with Gasteiger partial charge in [0.25, 0.3) is 5.91 Å². The minimum Gasteiger partial charge on any atom is -0.506 e. The summed E-state index contributed by atoms with van der Waals surface area (Å²) in [5.74, 6) is -0.578. The largest absolute Gasteiger partial charge is 0.506 e. The minimum atomic E-state index is -3.62. The maximum Gasteiger partial charge on any atom is 0.255 e. The van der Waals surface area contributed by atoms with E-state index in [0.29, 0.717) is 18.7 Å². The normalized spacial score (nSPS) is 15.2. The van der Waals surface area contributed by atoms with Crippen LogP contribution in [-0.2, 0) is 10.0 Å². The first-order chi connectivity index (χ1) is 12.3. The predicted molar refractivity (Wildman–Crippen MR) is 100.0 cm³/mol. The maximum atomic E-state index is 12.7. The average molecular weight is 374 g/mol. The molecule has 0 spiro atoms. The molecule has 1 fully saturated rings. The van der Waals surface area contributed by atoms with Gasteiger partial charge in [0.05, 0.1) is 10.6 Å². The van der Waals surface area contributed by atoms with Crippen molar-refractivity contribution >= 4 is 21.6 Å². The van der Waals surface area contributed by atoms with Crippen molar-refractivity contribution in [2.45, 2.75) is 31.6 Å². The van der Waals surface area contributed by atoms with E-state index in [1.165, 1.54) is 22.5 Å². The van der Waals surface area contributed by atoms with Crippen LogP contribution in [0, 0.1) is 13.8 Å². The molecule has 0 aromatic heterocycles. The second-order valence-corrected chi connectivity index (χ2v) is 8.56. The highest BCUT2D eigenvalue weighted by Gasteiger charge is 2.28. The van der Waals surface area contributed by atoms with Gasteiger partial charge in [-0.3, -0.25) is 4.79 Å². The van der Waals surface area contributed by atoms with Crippen molar-refractivity contribution in [3.8, 4) is 5.75 Å². The fraction of sp³-hybridized carbons (Fsp3) is 0.316. The average Bonchev–Trinajstić information content (AvgIpc) is 3.11. The van der Waals surface area contributed by atoms with Crippen LogP contribution in [0.2, 0.25) is 0 Å². The molecule has 1 amide bonds. The molecule has 1 aliphatic rings. The summed E-state index contributed by atoms with van der Waals surface area (Å²) in [4.78, 5) is 12.6. The number of hydrogen-bond donors (Lipinski definition) is 2. The quantitative estimate of drug-likeness (QED) is 0.806. The van der Waals surface area contributed by atoms with Gasteiger partial charge in [-0.15, -0.1) is 0 Å². The number of nitrogens with one attached hydrogen (secondary N) is 1. The molecule has 26 heavy (non-hydrogen) atoms. The van der Waals surface area contributed by atoms with Gasteiger partial charge in [0.1, 0.15) is 5.75 Å². The van der Waals surface area contributed by atoms with E-state index in [4.69, 9.17) is 0 Å². The lowest BCUT2D eigenvalue weighted by atomic mass is 10.1. The lowest BCUT2D eigenvalue weighted by Crippen LogP contribution is -2.28. The molecule has 138 valence electrons. The number of phenolic OH excluding ortho intramolecular Hbond substituents is 1. The standard InChI is InChI=1S/C19H22N2O4S/c1-13-9-14(2)11-15(10-13)19(23)20-17-12-16(5-6-18(17)22)26(24,25)21-7-3-4-8-21/h5-6,9-12,22H,3-4,7-8H2,1-2H3,(H,20,23). The molecule has 0 radical (unpaired) electrons. The van der Waals surface area contributed by atoms with Gasteiger partial charge in [-0.25, -0.2) is 8.42 Å². The van der Waals surface area contributed by atoms with Crippen molar-refractivity contribution in [3.63, 3.8) is 0 Å². The number of rotatable bonds is 4. The first-order valence-electron chi connectivity index (χ1n) is 8.50. The summed E-state index contributed by atoms with van der Waals surface area (Å²) in [6.07, 6.45) is 1.68. The van der Waals surface area contributed by atoms with Crippen LogP contribution in [0.5, 0.6) is 5.75 Å². The number of aryl methyl sites for hydroxylation is 2. The van der Waals surface area contributed by atoms with Gasteiger partial charge in [0, 0.05) is 18.7 Å². The monoisotopic (exact) mass is 374 g/mol. The molecule has 0 atom stereocenters. The van der Waals surface area contributed by atoms with E-state index in [0.717, 1.165) is 24.0 Å². The summed E-state index contributed by atoms with van der Waals surface area (Å²) in [6, 6.07) is 9.39. The maximum absolute atomic E-state index is 12.7. The molecule has 0 bridgehead atoms. The summed E-state index contributed by atoms with van der Waals surface area (Å²) in [5, 5.41) is 12.7. The highest BCUT2D eigenvalue weighted by Crippen LogP contribution is 2.29. The van der Waals surface area contributed by atoms with Crippen molar-refractivity contribution in [2.24, 2.45) is 0 Å². The first-order valence-corrected chi connectivity index (χ1v) is 9.94. The van der Waals surface area contributed by atoms with Crippen molar-refractivity contribution in [2.75, 3.05) is 18.4 Å². The summed E-state index contributed by atoms with van der Waals surface area (Å²) in [6.45, 7) is 4.77. The molecule has 0 saturated carbocycles. The number of carbonyl (C=O) groups excluding carboxylic acids is 1. The van der Waals surface area contributed by atoms with Gasteiger partial charge in [-0.05, 0) is 57.0 Å². The Hall–Kier alpha value is -2.38. The van der Waals surface area contributed by atoms with Gasteiger partial charge < -0.3 is 10.4 Å². The number of benzene rings is 2. The smallest absolute Gasteiger partial charge is 0.255 e. The second kappa shape index (κ2) is 7.09. The van der Waals surface area contributed by atoms with E-state index in [9.17, 15) is 18.3 Å². The molecule has 6 nitrogen and oxygen atoms in total. The summed E-state index contributed by atoms with van der Waals surface area (Å²) in [7, 11) is -3.62. The van der Waals surface area contributed by atoms with Gasteiger partial charge in [-0.1, -0.05) is 17.2 Å². The van der Waals surface area contributed by atoms with E-state index < -0.39 is 15.9 Å². The van der Waals surface area contributed by atoms with Crippen LogP contribution in [0.1, 0.15) is 34.3 Å². The topological polar surface area (TPSA) is 86.7 Å². The van der Waals surface area contributed by atoms with E-state index in [2.05, 4.69) is 5.32 Å². The third-order valence-electron chi connectivity index (χ3n) is 4.40. The molecule has 0 aliphatic carbocycles. The molecule has 2 aromatic rings. The Balaban J connectivity index is 1.89. The molecular formula is C19H22N2O4S. The van der Waals surface area contributed by atoms with Crippen molar-refractivity contribution in [1.29, 1.82) is 0 Å². The third kappa shape index (κ3) is 3.73. The zero-order valence-electron chi connectivity index (χ0n) is 14.8. The van der Waals surface area contributed by atoms with Crippen LogP contribution in [0.4, 0.5) is 5.69 Å². The summed E-state index contributed by atoms with van der Waals surface area (Å²) < 4.78 is 26.8. The number of aromatic hydroxyl groups is 1. The Bertz CT molecular complexity index is 928. The van der Waals surface area contributed by atoms with Crippen molar-refractivity contribution in [3.05, 3.63) is 53.1 Å². The lowest BCUT2D eigenvalue weighted by Gasteiger charge is -2.17. The molecule has 1 saturated heterocycles. The number of hydrogen-bond acceptors (Lipinski definition) is 4. The molecule has 2 N–H and O–H groups in total. The molecule has 3 rings (SSSR count).